The minimum Gasteiger partial charge on any atom is -0.368 e. The van der Waals surface area contributed by atoms with E-state index in [1.165, 1.54) is 19.3 Å². The number of aryl methyl sites for hydroxylation is 1. The molecule has 22 heavy (non-hydrogen) atoms. The third kappa shape index (κ3) is 3.71. The Hall–Kier alpha value is -2.21. The first-order valence-corrected chi connectivity index (χ1v) is 7.76. The van der Waals surface area contributed by atoms with Gasteiger partial charge in [0.05, 0.1) is 6.54 Å². The molecule has 0 radical (unpaired) electrons. The maximum Gasteiger partial charge on any atom is 0.232 e. The van der Waals surface area contributed by atoms with Crippen LogP contribution in [0.25, 0.3) is 0 Å². The zero-order valence-electron chi connectivity index (χ0n) is 12.9. The number of nitrogens with two attached hydrogens (primary N) is 1. The molecule has 0 aliphatic carbocycles. The summed E-state index contributed by atoms with van der Waals surface area (Å²) in [7, 11) is 0. The number of hydrogen-bond acceptors (Lipinski definition) is 6. The molecule has 0 unspecified atom stereocenters. The summed E-state index contributed by atoms with van der Waals surface area (Å²) in [5, 5.41) is 3.23. The van der Waals surface area contributed by atoms with Gasteiger partial charge in [0.2, 0.25) is 11.9 Å². The minimum absolute atomic E-state index is 0.262. The summed E-state index contributed by atoms with van der Waals surface area (Å²) in [6, 6.07) is 8.03. The summed E-state index contributed by atoms with van der Waals surface area (Å²) >= 11 is 0. The standard InChI is InChI=1S/C16H22N6/c1-12-7-3-4-8-13(12)18-16-20-14(19-15(17)21-16)11-22-9-5-2-6-10-22/h3-4,7-8H,2,5-6,9-11H2,1H3,(H3,17,18,19,20,21). The molecule has 1 fully saturated rings. The Kier molecular flexibility index (Phi) is 4.48. The number of nitrogens with one attached hydrogen (secondary N) is 1. The lowest BCUT2D eigenvalue weighted by atomic mass is 10.1. The third-order valence-electron chi connectivity index (χ3n) is 3.90. The Morgan fingerprint density at radius 1 is 1.09 bits per heavy atom. The van der Waals surface area contributed by atoms with Crippen molar-refractivity contribution < 1.29 is 0 Å². The third-order valence-corrected chi connectivity index (χ3v) is 3.90. The van der Waals surface area contributed by atoms with Crippen LogP contribution in [0.4, 0.5) is 17.6 Å². The van der Waals surface area contributed by atoms with Gasteiger partial charge in [-0.3, -0.25) is 4.90 Å². The van der Waals surface area contributed by atoms with E-state index in [1.54, 1.807) is 0 Å². The van der Waals surface area contributed by atoms with E-state index in [0.29, 0.717) is 5.95 Å². The highest BCUT2D eigenvalue weighted by atomic mass is 15.2. The van der Waals surface area contributed by atoms with Crippen molar-refractivity contribution in [1.82, 2.24) is 19.9 Å². The van der Waals surface area contributed by atoms with E-state index in [0.717, 1.165) is 36.7 Å². The lowest BCUT2D eigenvalue weighted by molar-refractivity contribution is 0.216. The van der Waals surface area contributed by atoms with Gasteiger partial charge in [-0.05, 0) is 44.5 Å². The summed E-state index contributed by atoms with van der Waals surface area (Å²) in [6.07, 6.45) is 3.81. The topological polar surface area (TPSA) is 80.0 Å². The van der Waals surface area contributed by atoms with Crippen LogP contribution in [0.1, 0.15) is 30.7 Å². The number of nitrogens with zero attached hydrogens (tertiary/aromatic N) is 4. The Balaban J connectivity index is 1.76. The van der Waals surface area contributed by atoms with E-state index in [9.17, 15) is 0 Å². The Morgan fingerprint density at radius 2 is 1.86 bits per heavy atom. The van der Waals surface area contributed by atoms with Crippen molar-refractivity contribution in [1.29, 1.82) is 0 Å². The molecule has 1 aliphatic rings. The van der Waals surface area contributed by atoms with Crippen LogP contribution in [0, 0.1) is 6.92 Å². The molecule has 0 bridgehead atoms. The molecule has 116 valence electrons. The van der Waals surface area contributed by atoms with Crippen LogP contribution in [-0.2, 0) is 6.54 Å². The van der Waals surface area contributed by atoms with Gasteiger partial charge in [-0.1, -0.05) is 24.6 Å². The molecule has 3 N–H and O–H groups in total. The molecule has 6 nitrogen and oxygen atoms in total. The minimum atomic E-state index is 0.262. The van der Waals surface area contributed by atoms with Crippen molar-refractivity contribution in [2.45, 2.75) is 32.7 Å². The highest BCUT2D eigenvalue weighted by molar-refractivity contribution is 5.58. The molecule has 2 heterocycles. The fraction of sp³-hybridized carbons (Fsp3) is 0.438. The quantitative estimate of drug-likeness (QED) is 0.902. The maximum atomic E-state index is 5.84. The number of para-hydroxylation sites is 1. The van der Waals surface area contributed by atoms with Crippen LogP contribution < -0.4 is 11.1 Å². The summed E-state index contributed by atoms with van der Waals surface area (Å²) in [5.74, 6) is 1.50. The average molecular weight is 298 g/mol. The number of anilines is 3. The SMILES string of the molecule is Cc1ccccc1Nc1nc(N)nc(CN2CCCCC2)n1. The largest absolute Gasteiger partial charge is 0.368 e. The van der Waals surface area contributed by atoms with Gasteiger partial charge in [-0.25, -0.2) is 0 Å². The van der Waals surface area contributed by atoms with Crippen LogP contribution in [0.15, 0.2) is 24.3 Å². The summed E-state index contributed by atoms with van der Waals surface area (Å²) in [6.45, 7) is 4.98. The van der Waals surface area contributed by atoms with E-state index in [2.05, 4.69) is 25.2 Å². The predicted octanol–water partition coefficient (Wildman–Crippen LogP) is 2.49. The fourth-order valence-corrected chi connectivity index (χ4v) is 2.72. The molecular weight excluding hydrogens is 276 g/mol. The van der Waals surface area contributed by atoms with E-state index >= 15 is 0 Å². The average Bonchev–Trinajstić information content (AvgIpc) is 2.50. The fourth-order valence-electron chi connectivity index (χ4n) is 2.72. The van der Waals surface area contributed by atoms with Crippen molar-refractivity contribution >= 4 is 17.6 Å². The van der Waals surface area contributed by atoms with Gasteiger partial charge < -0.3 is 11.1 Å². The van der Waals surface area contributed by atoms with Gasteiger partial charge >= 0.3 is 0 Å². The summed E-state index contributed by atoms with van der Waals surface area (Å²) in [5.41, 5.74) is 7.96. The molecule has 3 rings (SSSR count). The van der Waals surface area contributed by atoms with E-state index in [-0.39, 0.29) is 5.95 Å². The van der Waals surface area contributed by atoms with E-state index in [4.69, 9.17) is 5.73 Å². The monoisotopic (exact) mass is 298 g/mol. The summed E-state index contributed by atoms with van der Waals surface area (Å²) in [4.78, 5) is 15.3. The van der Waals surface area contributed by atoms with Gasteiger partial charge in [0.1, 0.15) is 5.82 Å². The molecule has 0 atom stereocenters. The van der Waals surface area contributed by atoms with Crippen molar-refractivity contribution in [3.63, 3.8) is 0 Å². The molecule has 1 aromatic carbocycles. The zero-order chi connectivity index (χ0) is 15.4. The lowest BCUT2D eigenvalue weighted by Crippen LogP contribution is -2.30. The maximum absolute atomic E-state index is 5.84. The van der Waals surface area contributed by atoms with Crippen molar-refractivity contribution in [3.05, 3.63) is 35.7 Å². The smallest absolute Gasteiger partial charge is 0.232 e. The molecule has 6 heteroatoms. The number of benzene rings is 1. The van der Waals surface area contributed by atoms with Crippen LogP contribution in [0.5, 0.6) is 0 Å². The van der Waals surface area contributed by atoms with Crippen molar-refractivity contribution in [3.8, 4) is 0 Å². The van der Waals surface area contributed by atoms with Gasteiger partial charge in [0.15, 0.2) is 0 Å². The molecule has 0 saturated carbocycles. The highest BCUT2D eigenvalue weighted by Gasteiger charge is 2.13. The first-order valence-electron chi connectivity index (χ1n) is 7.76. The van der Waals surface area contributed by atoms with Crippen molar-refractivity contribution in [2.75, 3.05) is 24.1 Å². The number of rotatable bonds is 4. The highest BCUT2D eigenvalue weighted by Crippen LogP contribution is 2.18. The predicted molar refractivity (Wildman–Crippen MR) is 87.8 cm³/mol. The van der Waals surface area contributed by atoms with Crippen molar-refractivity contribution in [2.24, 2.45) is 0 Å². The normalized spacial score (nSPS) is 15.7. The Bertz CT molecular complexity index is 636. The molecule has 1 saturated heterocycles. The van der Waals surface area contributed by atoms with E-state index < -0.39 is 0 Å². The number of hydrogen-bond donors (Lipinski definition) is 2. The second-order valence-corrected chi connectivity index (χ2v) is 5.71. The van der Waals surface area contributed by atoms with Crippen LogP contribution in [-0.4, -0.2) is 32.9 Å². The Morgan fingerprint density at radius 3 is 2.64 bits per heavy atom. The van der Waals surface area contributed by atoms with Gasteiger partial charge in [-0.2, -0.15) is 15.0 Å². The molecule has 2 aromatic rings. The first kappa shape index (κ1) is 14.7. The van der Waals surface area contributed by atoms with Gasteiger partial charge in [0.25, 0.3) is 0 Å². The molecule has 0 amide bonds. The number of nitrogen functional groups attached to an aromatic ring is 1. The number of piperidine rings is 1. The van der Waals surface area contributed by atoms with Gasteiger partial charge in [-0.15, -0.1) is 0 Å². The molecule has 1 aromatic heterocycles. The van der Waals surface area contributed by atoms with Crippen LogP contribution in [0.3, 0.4) is 0 Å². The number of likely N-dealkylation sites (tertiary alicyclic amines) is 1. The first-order chi connectivity index (χ1) is 10.7. The second kappa shape index (κ2) is 6.70. The van der Waals surface area contributed by atoms with Gasteiger partial charge in [0, 0.05) is 5.69 Å². The zero-order valence-corrected chi connectivity index (χ0v) is 12.9. The number of aromatic nitrogens is 3. The molecule has 1 aliphatic heterocycles. The second-order valence-electron chi connectivity index (χ2n) is 5.71. The molecular formula is C16H22N6. The van der Waals surface area contributed by atoms with E-state index in [1.807, 2.05) is 31.2 Å². The molecule has 0 spiro atoms. The van der Waals surface area contributed by atoms with Crippen LogP contribution in [0.2, 0.25) is 0 Å². The lowest BCUT2D eigenvalue weighted by Gasteiger charge is -2.25. The summed E-state index contributed by atoms with van der Waals surface area (Å²) < 4.78 is 0. The van der Waals surface area contributed by atoms with Crippen LogP contribution >= 0.6 is 0 Å². The Labute approximate surface area is 130 Å².